The van der Waals surface area contributed by atoms with Gasteiger partial charge in [-0.05, 0) is 26.0 Å². The Bertz CT molecular complexity index is 514. The Kier molecular flexibility index (Phi) is 5.44. The average molecular weight is 288 g/mol. The molecule has 19 heavy (non-hydrogen) atoms. The van der Waals surface area contributed by atoms with Gasteiger partial charge in [0.15, 0.2) is 0 Å². The summed E-state index contributed by atoms with van der Waals surface area (Å²) in [6, 6.07) is 4.78. The zero-order valence-electron chi connectivity index (χ0n) is 11.3. The van der Waals surface area contributed by atoms with Gasteiger partial charge < -0.3 is 15.2 Å². The van der Waals surface area contributed by atoms with Gasteiger partial charge in [0.05, 0.1) is 36.9 Å². The van der Waals surface area contributed by atoms with E-state index in [2.05, 4.69) is 4.72 Å². The number of anilines is 2. The monoisotopic (exact) mass is 288 g/mol. The number of nitrogen functional groups attached to an aromatic ring is 1. The van der Waals surface area contributed by atoms with Crippen LogP contribution >= 0.6 is 0 Å². The molecular formula is C12H20N2O4S. The van der Waals surface area contributed by atoms with Crippen LogP contribution in [0.1, 0.15) is 13.8 Å². The number of sulfonamides is 1. The second-order valence-corrected chi connectivity index (χ2v) is 6.14. The highest BCUT2D eigenvalue weighted by molar-refractivity contribution is 7.92. The molecule has 0 aliphatic carbocycles. The molecule has 0 heterocycles. The number of nitrogens with one attached hydrogen (secondary N) is 1. The normalized spacial score (nSPS) is 11.6. The van der Waals surface area contributed by atoms with E-state index in [1.165, 1.54) is 13.2 Å². The zero-order chi connectivity index (χ0) is 14.5. The molecular weight excluding hydrogens is 268 g/mol. The second-order valence-electron chi connectivity index (χ2n) is 4.29. The first-order valence-electron chi connectivity index (χ1n) is 5.89. The maximum atomic E-state index is 11.8. The molecule has 0 aliphatic rings. The Hall–Kier alpha value is -1.47. The van der Waals surface area contributed by atoms with Crippen molar-refractivity contribution in [3.8, 4) is 5.75 Å². The van der Waals surface area contributed by atoms with E-state index < -0.39 is 10.0 Å². The predicted octanol–water partition coefficient (Wildman–Crippen LogP) is 1.44. The van der Waals surface area contributed by atoms with Gasteiger partial charge in [0.25, 0.3) is 0 Å². The lowest BCUT2D eigenvalue weighted by molar-refractivity contribution is 0.0913. The number of methoxy groups -OCH3 is 1. The molecule has 0 radical (unpaired) electrons. The minimum atomic E-state index is -3.49. The maximum absolute atomic E-state index is 11.8. The lowest BCUT2D eigenvalue weighted by Gasteiger charge is -2.12. The van der Waals surface area contributed by atoms with Crippen LogP contribution in [0.3, 0.4) is 0 Å². The molecule has 0 unspecified atom stereocenters. The van der Waals surface area contributed by atoms with E-state index in [1.807, 2.05) is 13.8 Å². The van der Waals surface area contributed by atoms with Crippen molar-refractivity contribution in [2.24, 2.45) is 0 Å². The summed E-state index contributed by atoms with van der Waals surface area (Å²) in [7, 11) is -1.99. The zero-order valence-corrected chi connectivity index (χ0v) is 12.2. The molecule has 1 aromatic carbocycles. The summed E-state index contributed by atoms with van der Waals surface area (Å²) in [5.41, 5.74) is 6.37. The molecule has 7 heteroatoms. The van der Waals surface area contributed by atoms with Crippen molar-refractivity contribution >= 4 is 21.4 Å². The van der Waals surface area contributed by atoms with Gasteiger partial charge in [-0.3, -0.25) is 4.72 Å². The van der Waals surface area contributed by atoms with Crippen molar-refractivity contribution in [2.45, 2.75) is 20.0 Å². The lowest BCUT2D eigenvalue weighted by atomic mass is 10.2. The molecule has 0 saturated heterocycles. The number of hydrogen-bond acceptors (Lipinski definition) is 5. The van der Waals surface area contributed by atoms with Crippen molar-refractivity contribution in [3.63, 3.8) is 0 Å². The Morgan fingerprint density at radius 3 is 2.63 bits per heavy atom. The first kappa shape index (κ1) is 15.6. The molecule has 0 amide bonds. The van der Waals surface area contributed by atoms with Crippen molar-refractivity contribution in [2.75, 3.05) is 29.9 Å². The molecule has 0 fully saturated rings. The summed E-state index contributed by atoms with van der Waals surface area (Å²) in [4.78, 5) is 0. The highest BCUT2D eigenvalue weighted by Gasteiger charge is 2.13. The Labute approximate surface area is 113 Å². The number of hydrogen-bond donors (Lipinski definition) is 2. The van der Waals surface area contributed by atoms with Crippen molar-refractivity contribution < 1.29 is 17.9 Å². The van der Waals surface area contributed by atoms with Gasteiger partial charge in [-0.15, -0.1) is 0 Å². The third-order valence-corrected chi connectivity index (χ3v) is 3.56. The summed E-state index contributed by atoms with van der Waals surface area (Å²) < 4.78 is 36.4. The van der Waals surface area contributed by atoms with Crippen molar-refractivity contribution in [3.05, 3.63) is 18.2 Å². The van der Waals surface area contributed by atoms with Crippen LogP contribution in [-0.2, 0) is 14.8 Å². The molecule has 108 valence electrons. The first-order valence-corrected chi connectivity index (χ1v) is 7.55. The van der Waals surface area contributed by atoms with Crippen LogP contribution in [0.15, 0.2) is 18.2 Å². The summed E-state index contributed by atoms with van der Waals surface area (Å²) in [6.45, 7) is 3.83. The van der Waals surface area contributed by atoms with E-state index in [-0.39, 0.29) is 18.5 Å². The molecule has 0 aromatic heterocycles. The van der Waals surface area contributed by atoms with E-state index in [1.54, 1.807) is 12.1 Å². The highest BCUT2D eigenvalue weighted by atomic mass is 32.2. The molecule has 0 aliphatic heterocycles. The Morgan fingerprint density at radius 1 is 1.37 bits per heavy atom. The second kappa shape index (κ2) is 6.63. The molecule has 6 nitrogen and oxygen atoms in total. The fourth-order valence-electron chi connectivity index (χ4n) is 1.36. The van der Waals surface area contributed by atoms with E-state index in [0.717, 1.165) is 0 Å². The number of benzene rings is 1. The van der Waals surface area contributed by atoms with E-state index in [0.29, 0.717) is 17.1 Å². The average Bonchev–Trinajstić information content (AvgIpc) is 2.31. The Balaban J connectivity index is 2.72. The number of nitrogens with two attached hydrogens (primary N) is 1. The first-order chi connectivity index (χ1) is 8.84. The van der Waals surface area contributed by atoms with Gasteiger partial charge in [0.1, 0.15) is 5.75 Å². The van der Waals surface area contributed by atoms with Crippen LogP contribution < -0.4 is 15.2 Å². The summed E-state index contributed by atoms with van der Waals surface area (Å²) in [6.07, 6.45) is -0.00270. The fourth-order valence-corrected chi connectivity index (χ4v) is 2.29. The van der Waals surface area contributed by atoms with Gasteiger partial charge in [-0.2, -0.15) is 0 Å². The van der Waals surface area contributed by atoms with E-state index >= 15 is 0 Å². The van der Waals surface area contributed by atoms with Gasteiger partial charge in [0, 0.05) is 6.07 Å². The fraction of sp³-hybridized carbons (Fsp3) is 0.500. The van der Waals surface area contributed by atoms with Gasteiger partial charge in [0.2, 0.25) is 10.0 Å². The number of rotatable bonds is 7. The minimum Gasteiger partial charge on any atom is -0.497 e. The standard InChI is InChI=1S/C12H20N2O4S/c1-9(2)18-6-7-19(15,16)14-12-8-10(17-3)4-5-11(12)13/h4-5,8-9,14H,6-7,13H2,1-3H3. The largest absolute Gasteiger partial charge is 0.497 e. The maximum Gasteiger partial charge on any atom is 0.235 e. The highest BCUT2D eigenvalue weighted by Crippen LogP contribution is 2.25. The van der Waals surface area contributed by atoms with Gasteiger partial charge >= 0.3 is 0 Å². The van der Waals surface area contributed by atoms with Gasteiger partial charge in [-0.1, -0.05) is 0 Å². The molecule has 0 bridgehead atoms. The number of ether oxygens (including phenoxy) is 2. The van der Waals surface area contributed by atoms with E-state index in [9.17, 15) is 8.42 Å². The van der Waals surface area contributed by atoms with Crippen LogP contribution in [0.4, 0.5) is 11.4 Å². The summed E-state index contributed by atoms with van der Waals surface area (Å²) in [5, 5.41) is 0. The Morgan fingerprint density at radius 2 is 2.05 bits per heavy atom. The van der Waals surface area contributed by atoms with Crippen LogP contribution in [-0.4, -0.2) is 34.0 Å². The van der Waals surface area contributed by atoms with Crippen LogP contribution in [0.2, 0.25) is 0 Å². The minimum absolute atomic E-state index is 0.00270. The third kappa shape index (κ3) is 5.35. The molecule has 1 rings (SSSR count). The van der Waals surface area contributed by atoms with Gasteiger partial charge in [-0.25, -0.2) is 8.42 Å². The smallest absolute Gasteiger partial charge is 0.235 e. The molecule has 0 spiro atoms. The molecule has 0 atom stereocenters. The molecule has 1 aromatic rings. The third-order valence-electron chi connectivity index (χ3n) is 2.33. The molecule has 3 N–H and O–H groups in total. The van der Waals surface area contributed by atoms with Crippen LogP contribution in [0.5, 0.6) is 5.75 Å². The summed E-state index contributed by atoms with van der Waals surface area (Å²) in [5.74, 6) is 0.410. The predicted molar refractivity (Wildman–Crippen MR) is 75.9 cm³/mol. The SMILES string of the molecule is COc1ccc(N)c(NS(=O)(=O)CCOC(C)C)c1. The quantitative estimate of drug-likeness (QED) is 0.741. The van der Waals surface area contributed by atoms with E-state index in [4.69, 9.17) is 15.2 Å². The topological polar surface area (TPSA) is 90.6 Å². The summed E-state index contributed by atoms with van der Waals surface area (Å²) >= 11 is 0. The lowest BCUT2D eigenvalue weighted by Crippen LogP contribution is -2.22. The van der Waals surface area contributed by atoms with Crippen molar-refractivity contribution in [1.82, 2.24) is 0 Å². The van der Waals surface area contributed by atoms with Crippen molar-refractivity contribution in [1.29, 1.82) is 0 Å². The molecule has 0 saturated carbocycles. The van der Waals surface area contributed by atoms with Crippen LogP contribution in [0, 0.1) is 0 Å². The van der Waals surface area contributed by atoms with Crippen LogP contribution in [0.25, 0.3) is 0 Å².